The molecule has 2 N–H and O–H groups in total. The van der Waals surface area contributed by atoms with Crippen LogP contribution < -0.4 is 15.4 Å². The highest BCUT2D eigenvalue weighted by Crippen LogP contribution is 2.24. The van der Waals surface area contributed by atoms with E-state index in [0.717, 1.165) is 38.5 Å². The summed E-state index contributed by atoms with van der Waals surface area (Å²) in [6.07, 6.45) is 0. The van der Waals surface area contributed by atoms with Gasteiger partial charge in [-0.2, -0.15) is 5.10 Å². The van der Waals surface area contributed by atoms with E-state index < -0.39 is 0 Å². The summed E-state index contributed by atoms with van der Waals surface area (Å²) < 4.78 is 8.68. The Morgan fingerprint density at radius 3 is 2.64 bits per heavy atom. The number of para-hydroxylation sites is 2. The van der Waals surface area contributed by atoms with Crippen LogP contribution in [-0.4, -0.2) is 21.5 Å². The molecule has 5 nitrogen and oxygen atoms in total. The second kappa shape index (κ2) is 9.21. The average molecular weight is 459 g/mol. The van der Waals surface area contributed by atoms with Gasteiger partial charge in [-0.1, -0.05) is 24.3 Å². The van der Waals surface area contributed by atoms with Crippen molar-refractivity contribution in [3.8, 4) is 5.75 Å². The molecule has 1 aromatic heterocycles. The predicted octanol–water partition coefficient (Wildman–Crippen LogP) is 5.52. The van der Waals surface area contributed by atoms with Gasteiger partial charge in [0.2, 0.25) is 0 Å². The Balaban J connectivity index is 1.69. The Kier molecular flexibility index (Phi) is 6.70. The van der Waals surface area contributed by atoms with Gasteiger partial charge in [0.05, 0.1) is 34.7 Å². The predicted molar refractivity (Wildman–Crippen MR) is 122 cm³/mol. The van der Waals surface area contributed by atoms with Crippen molar-refractivity contribution in [2.45, 2.75) is 27.3 Å². The molecule has 3 aromatic rings. The molecule has 2 aromatic carbocycles. The Hall–Kier alpha value is -2.38. The molecule has 0 aliphatic carbocycles. The average Bonchev–Trinajstić information content (AvgIpc) is 2.90. The Labute approximate surface area is 179 Å². The zero-order chi connectivity index (χ0) is 20.1. The minimum absolute atomic E-state index is 0.512. The second-order valence-electron chi connectivity index (χ2n) is 6.35. The van der Waals surface area contributed by atoms with Crippen molar-refractivity contribution >= 4 is 44.6 Å². The lowest BCUT2D eigenvalue weighted by atomic mass is 10.2. The summed E-state index contributed by atoms with van der Waals surface area (Å²) in [7, 11) is 0. The van der Waals surface area contributed by atoms with Crippen LogP contribution in [0.1, 0.15) is 23.9 Å². The van der Waals surface area contributed by atoms with Crippen LogP contribution in [0.3, 0.4) is 0 Å². The van der Waals surface area contributed by atoms with E-state index in [9.17, 15) is 0 Å². The summed E-state index contributed by atoms with van der Waals surface area (Å²) >= 11 is 9.05. The third-order valence-electron chi connectivity index (χ3n) is 4.25. The molecule has 0 aliphatic heterocycles. The molecule has 3 rings (SSSR count). The van der Waals surface area contributed by atoms with Crippen molar-refractivity contribution in [2.24, 2.45) is 0 Å². The third kappa shape index (κ3) is 4.91. The van der Waals surface area contributed by atoms with Gasteiger partial charge in [-0.25, -0.2) is 0 Å². The Morgan fingerprint density at radius 1 is 1.14 bits per heavy atom. The molecular weight excluding hydrogens is 436 g/mol. The number of nitrogens with zero attached hydrogens (tertiary/aromatic N) is 2. The molecule has 0 fully saturated rings. The number of anilines is 2. The molecule has 0 bridgehead atoms. The molecule has 146 valence electrons. The first kappa shape index (κ1) is 20.4. The number of aromatic nitrogens is 2. The van der Waals surface area contributed by atoms with Gasteiger partial charge in [0, 0.05) is 5.69 Å². The van der Waals surface area contributed by atoms with Gasteiger partial charge in [0.25, 0.3) is 0 Å². The number of benzene rings is 2. The fraction of sp³-hybridized carbons (Fsp3) is 0.238. The van der Waals surface area contributed by atoms with Gasteiger partial charge in [-0.3, -0.25) is 4.68 Å². The quantitative estimate of drug-likeness (QED) is 0.476. The highest BCUT2D eigenvalue weighted by molar-refractivity contribution is 9.10. The summed E-state index contributed by atoms with van der Waals surface area (Å²) in [5.74, 6) is 0.776. The molecule has 7 heteroatoms. The van der Waals surface area contributed by atoms with Crippen LogP contribution in [0.2, 0.25) is 0 Å². The number of ether oxygens (including phenoxy) is 1. The minimum Gasteiger partial charge on any atom is -0.492 e. The maximum Gasteiger partial charge on any atom is 0.175 e. The number of hydrogen-bond acceptors (Lipinski definition) is 3. The van der Waals surface area contributed by atoms with E-state index in [1.807, 2.05) is 54.9 Å². The summed E-state index contributed by atoms with van der Waals surface area (Å²) in [4.78, 5) is 0. The van der Waals surface area contributed by atoms with Gasteiger partial charge in [-0.15, -0.1) is 0 Å². The van der Waals surface area contributed by atoms with Crippen LogP contribution in [-0.2, 0) is 6.54 Å². The fourth-order valence-electron chi connectivity index (χ4n) is 2.89. The largest absolute Gasteiger partial charge is 0.492 e. The maximum atomic E-state index is 5.63. The molecule has 0 aliphatic rings. The summed E-state index contributed by atoms with van der Waals surface area (Å²) in [6.45, 7) is 7.31. The van der Waals surface area contributed by atoms with Crippen molar-refractivity contribution in [1.29, 1.82) is 0 Å². The van der Waals surface area contributed by atoms with E-state index in [0.29, 0.717) is 18.3 Å². The molecule has 0 atom stereocenters. The van der Waals surface area contributed by atoms with E-state index >= 15 is 0 Å². The SMILES string of the molecule is CCOc1ccccc1NC(=S)Nc1cccc(Cn2nc(C)c(Br)c2C)c1. The van der Waals surface area contributed by atoms with E-state index in [2.05, 4.69) is 50.7 Å². The highest BCUT2D eigenvalue weighted by Gasteiger charge is 2.10. The highest BCUT2D eigenvalue weighted by atomic mass is 79.9. The van der Waals surface area contributed by atoms with Crippen LogP contribution in [0.5, 0.6) is 5.75 Å². The van der Waals surface area contributed by atoms with Gasteiger partial charge in [0.1, 0.15) is 5.75 Å². The number of rotatable bonds is 6. The van der Waals surface area contributed by atoms with Crippen molar-refractivity contribution in [2.75, 3.05) is 17.2 Å². The van der Waals surface area contributed by atoms with Gasteiger partial charge in [-0.05, 0) is 78.7 Å². The topological polar surface area (TPSA) is 51.1 Å². The Bertz CT molecular complexity index is 986. The molecule has 28 heavy (non-hydrogen) atoms. The first-order valence-electron chi connectivity index (χ1n) is 9.06. The third-order valence-corrected chi connectivity index (χ3v) is 5.60. The zero-order valence-corrected chi connectivity index (χ0v) is 18.5. The molecule has 0 amide bonds. The molecular formula is C21H23BrN4OS. The summed E-state index contributed by atoms with van der Waals surface area (Å²) in [6, 6.07) is 15.9. The maximum absolute atomic E-state index is 5.63. The minimum atomic E-state index is 0.512. The molecule has 0 spiro atoms. The van der Waals surface area contributed by atoms with Gasteiger partial charge < -0.3 is 15.4 Å². The molecule has 0 saturated carbocycles. The number of nitrogens with one attached hydrogen (secondary N) is 2. The molecule has 0 unspecified atom stereocenters. The van der Waals surface area contributed by atoms with Crippen LogP contribution in [0, 0.1) is 13.8 Å². The fourth-order valence-corrected chi connectivity index (χ4v) is 3.40. The number of thiocarbonyl (C=S) groups is 1. The first-order valence-corrected chi connectivity index (χ1v) is 10.3. The summed E-state index contributed by atoms with van der Waals surface area (Å²) in [5, 5.41) is 11.5. The summed E-state index contributed by atoms with van der Waals surface area (Å²) in [5.41, 5.74) is 5.00. The lowest BCUT2D eigenvalue weighted by Gasteiger charge is -2.14. The number of aryl methyl sites for hydroxylation is 1. The number of halogens is 1. The molecule has 0 saturated heterocycles. The van der Waals surface area contributed by atoms with Gasteiger partial charge >= 0.3 is 0 Å². The zero-order valence-electron chi connectivity index (χ0n) is 16.1. The van der Waals surface area contributed by atoms with Crippen molar-refractivity contribution < 1.29 is 4.74 Å². The smallest absolute Gasteiger partial charge is 0.175 e. The van der Waals surface area contributed by atoms with Crippen LogP contribution in [0.25, 0.3) is 0 Å². The standard InChI is InChI=1S/C21H23BrN4OS/c1-4-27-19-11-6-5-10-18(19)24-21(28)23-17-9-7-8-16(12-17)13-26-15(3)20(22)14(2)25-26/h5-12H,4,13H2,1-3H3,(H2,23,24,28). The van der Waals surface area contributed by atoms with E-state index in [1.165, 1.54) is 0 Å². The number of hydrogen-bond donors (Lipinski definition) is 2. The van der Waals surface area contributed by atoms with E-state index in [-0.39, 0.29) is 0 Å². The Morgan fingerprint density at radius 2 is 1.93 bits per heavy atom. The van der Waals surface area contributed by atoms with Crippen LogP contribution in [0.15, 0.2) is 53.0 Å². The van der Waals surface area contributed by atoms with Crippen molar-refractivity contribution in [3.05, 3.63) is 70.0 Å². The van der Waals surface area contributed by atoms with Crippen LogP contribution in [0.4, 0.5) is 11.4 Å². The lowest BCUT2D eigenvalue weighted by Crippen LogP contribution is -2.19. The van der Waals surface area contributed by atoms with Gasteiger partial charge in [0.15, 0.2) is 5.11 Å². The second-order valence-corrected chi connectivity index (χ2v) is 7.55. The molecule has 1 heterocycles. The monoisotopic (exact) mass is 458 g/mol. The molecule has 0 radical (unpaired) electrons. The van der Waals surface area contributed by atoms with Crippen molar-refractivity contribution in [1.82, 2.24) is 9.78 Å². The van der Waals surface area contributed by atoms with Crippen molar-refractivity contribution in [3.63, 3.8) is 0 Å². The first-order chi connectivity index (χ1) is 13.5. The van der Waals surface area contributed by atoms with E-state index in [1.54, 1.807) is 0 Å². The van der Waals surface area contributed by atoms with E-state index in [4.69, 9.17) is 17.0 Å². The normalized spacial score (nSPS) is 10.6. The van der Waals surface area contributed by atoms with Crippen LogP contribution >= 0.6 is 28.1 Å². The lowest BCUT2D eigenvalue weighted by molar-refractivity contribution is 0.342.